The van der Waals surface area contributed by atoms with Crippen LogP contribution in [-0.2, 0) is 14.3 Å². The Labute approximate surface area is 73.1 Å². The van der Waals surface area contributed by atoms with E-state index < -0.39 is 5.41 Å². The Balaban J connectivity index is 3.98. The first-order valence-corrected chi connectivity index (χ1v) is 4.15. The number of carbonyl (C=O) groups is 2. The van der Waals surface area contributed by atoms with E-state index in [0.717, 1.165) is 6.29 Å². The van der Waals surface area contributed by atoms with E-state index in [-0.39, 0.29) is 5.97 Å². The predicted octanol–water partition coefficient (Wildman–Crippen LogP) is 1.55. The Morgan fingerprint density at radius 3 is 2.50 bits per heavy atom. The lowest BCUT2D eigenvalue weighted by atomic mass is 9.88. The molecule has 0 N–H and O–H groups in total. The Bertz CT molecular complexity index is 161. The van der Waals surface area contributed by atoms with Gasteiger partial charge in [-0.2, -0.15) is 0 Å². The summed E-state index contributed by atoms with van der Waals surface area (Å²) in [5.41, 5.74) is -0.531. The molecule has 0 rings (SSSR count). The molecule has 0 aromatic rings. The van der Waals surface area contributed by atoms with Gasteiger partial charge in [-0.1, -0.05) is 0 Å². The van der Waals surface area contributed by atoms with Crippen molar-refractivity contribution >= 4 is 12.3 Å². The van der Waals surface area contributed by atoms with Crippen molar-refractivity contribution < 1.29 is 14.3 Å². The van der Waals surface area contributed by atoms with Crippen molar-refractivity contribution in [3.8, 4) is 0 Å². The lowest BCUT2D eigenvalue weighted by Crippen LogP contribution is -2.26. The number of hydrogen-bond donors (Lipinski definition) is 0. The van der Waals surface area contributed by atoms with E-state index in [2.05, 4.69) is 0 Å². The van der Waals surface area contributed by atoms with Crippen molar-refractivity contribution in [2.75, 3.05) is 6.61 Å². The fraction of sp³-hybridized carbons (Fsp3) is 0.778. The van der Waals surface area contributed by atoms with Crippen LogP contribution < -0.4 is 0 Å². The maximum Gasteiger partial charge on any atom is 0.311 e. The van der Waals surface area contributed by atoms with Crippen LogP contribution in [0.4, 0.5) is 0 Å². The third-order valence-electron chi connectivity index (χ3n) is 1.72. The fourth-order valence-corrected chi connectivity index (χ4v) is 0.848. The van der Waals surface area contributed by atoms with E-state index >= 15 is 0 Å². The van der Waals surface area contributed by atoms with Gasteiger partial charge in [-0.25, -0.2) is 0 Å². The van der Waals surface area contributed by atoms with Crippen LogP contribution in [0, 0.1) is 5.41 Å². The van der Waals surface area contributed by atoms with Gasteiger partial charge < -0.3 is 9.53 Å². The average molecular weight is 172 g/mol. The summed E-state index contributed by atoms with van der Waals surface area (Å²) in [7, 11) is 0. The number of ether oxygens (including phenoxy) is 1. The van der Waals surface area contributed by atoms with Crippen LogP contribution in [0.2, 0.25) is 0 Å². The van der Waals surface area contributed by atoms with Gasteiger partial charge in [0.25, 0.3) is 0 Å². The van der Waals surface area contributed by atoms with Crippen molar-refractivity contribution in [2.24, 2.45) is 5.41 Å². The van der Waals surface area contributed by atoms with Gasteiger partial charge in [-0.05, 0) is 27.2 Å². The molecule has 0 radical (unpaired) electrons. The summed E-state index contributed by atoms with van der Waals surface area (Å²) in [6.07, 6.45) is 1.78. The standard InChI is InChI=1S/C9H16O3/c1-4-12-8(11)9(2,3)6-5-7-10/h7H,4-6H2,1-3H3. The molecule has 0 saturated heterocycles. The topological polar surface area (TPSA) is 43.4 Å². The van der Waals surface area contributed by atoms with Crippen LogP contribution in [0.5, 0.6) is 0 Å². The molecule has 0 aromatic carbocycles. The molecular formula is C9H16O3. The molecule has 3 heteroatoms. The number of carbonyl (C=O) groups excluding carboxylic acids is 2. The van der Waals surface area contributed by atoms with Crippen molar-refractivity contribution in [3.63, 3.8) is 0 Å². The number of hydrogen-bond acceptors (Lipinski definition) is 3. The molecule has 0 saturated carbocycles. The highest BCUT2D eigenvalue weighted by Gasteiger charge is 2.28. The van der Waals surface area contributed by atoms with E-state index in [4.69, 9.17) is 4.74 Å². The van der Waals surface area contributed by atoms with Crippen LogP contribution >= 0.6 is 0 Å². The van der Waals surface area contributed by atoms with Crippen molar-refractivity contribution in [1.29, 1.82) is 0 Å². The second-order valence-corrected chi connectivity index (χ2v) is 3.31. The second-order valence-electron chi connectivity index (χ2n) is 3.31. The van der Waals surface area contributed by atoms with Crippen LogP contribution in [0.25, 0.3) is 0 Å². The molecule has 0 bridgehead atoms. The molecular weight excluding hydrogens is 156 g/mol. The fourth-order valence-electron chi connectivity index (χ4n) is 0.848. The van der Waals surface area contributed by atoms with E-state index in [1.807, 2.05) is 0 Å². The summed E-state index contributed by atoms with van der Waals surface area (Å²) in [5, 5.41) is 0. The summed E-state index contributed by atoms with van der Waals surface area (Å²) in [6.45, 7) is 5.74. The van der Waals surface area contributed by atoms with Gasteiger partial charge in [-0.3, -0.25) is 4.79 Å². The van der Waals surface area contributed by atoms with Gasteiger partial charge in [-0.15, -0.1) is 0 Å². The number of aldehydes is 1. The van der Waals surface area contributed by atoms with Crippen LogP contribution in [0.3, 0.4) is 0 Å². The highest BCUT2D eigenvalue weighted by Crippen LogP contribution is 2.23. The molecule has 70 valence electrons. The first-order chi connectivity index (χ1) is 5.54. The summed E-state index contributed by atoms with van der Waals surface area (Å²) >= 11 is 0. The first-order valence-electron chi connectivity index (χ1n) is 4.15. The molecule has 0 heterocycles. The normalized spacial score (nSPS) is 10.9. The SMILES string of the molecule is CCOC(=O)C(C)(C)CCC=O. The minimum atomic E-state index is -0.531. The minimum Gasteiger partial charge on any atom is -0.466 e. The minimum absolute atomic E-state index is 0.230. The van der Waals surface area contributed by atoms with E-state index in [9.17, 15) is 9.59 Å². The van der Waals surface area contributed by atoms with Crippen LogP contribution in [-0.4, -0.2) is 18.9 Å². The Morgan fingerprint density at radius 1 is 1.50 bits per heavy atom. The van der Waals surface area contributed by atoms with Gasteiger partial charge >= 0.3 is 5.97 Å². The van der Waals surface area contributed by atoms with Crippen LogP contribution in [0.15, 0.2) is 0 Å². The molecule has 0 aliphatic carbocycles. The molecule has 0 aliphatic heterocycles. The number of rotatable bonds is 5. The smallest absolute Gasteiger partial charge is 0.311 e. The molecule has 0 atom stereocenters. The largest absolute Gasteiger partial charge is 0.466 e. The molecule has 12 heavy (non-hydrogen) atoms. The molecule has 0 fully saturated rings. The van der Waals surface area contributed by atoms with Crippen molar-refractivity contribution in [3.05, 3.63) is 0 Å². The van der Waals surface area contributed by atoms with Crippen molar-refractivity contribution in [1.82, 2.24) is 0 Å². The second kappa shape index (κ2) is 4.91. The van der Waals surface area contributed by atoms with Gasteiger partial charge in [0.1, 0.15) is 6.29 Å². The maximum absolute atomic E-state index is 11.2. The summed E-state index contributed by atoms with van der Waals surface area (Å²) in [4.78, 5) is 21.3. The van der Waals surface area contributed by atoms with Gasteiger partial charge in [0.15, 0.2) is 0 Å². The van der Waals surface area contributed by atoms with Crippen molar-refractivity contribution in [2.45, 2.75) is 33.6 Å². The van der Waals surface area contributed by atoms with E-state index in [1.165, 1.54) is 0 Å². The van der Waals surface area contributed by atoms with E-state index in [1.54, 1.807) is 20.8 Å². The summed E-state index contributed by atoms with van der Waals surface area (Å²) < 4.78 is 4.85. The molecule has 3 nitrogen and oxygen atoms in total. The molecule has 0 amide bonds. The third-order valence-corrected chi connectivity index (χ3v) is 1.72. The van der Waals surface area contributed by atoms with Gasteiger partial charge in [0.05, 0.1) is 12.0 Å². The highest BCUT2D eigenvalue weighted by molar-refractivity contribution is 5.76. The third kappa shape index (κ3) is 3.51. The summed E-state index contributed by atoms with van der Waals surface area (Å²) in [6, 6.07) is 0. The Hall–Kier alpha value is -0.860. The van der Waals surface area contributed by atoms with Gasteiger partial charge in [0, 0.05) is 6.42 Å². The highest BCUT2D eigenvalue weighted by atomic mass is 16.5. The molecule has 0 spiro atoms. The first kappa shape index (κ1) is 11.1. The number of esters is 1. The molecule has 0 aliphatic rings. The average Bonchev–Trinajstić information content (AvgIpc) is 2.01. The van der Waals surface area contributed by atoms with E-state index in [0.29, 0.717) is 19.4 Å². The lowest BCUT2D eigenvalue weighted by Gasteiger charge is -2.20. The maximum atomic E-state index is 11.2. The molecule has 0 unspecified atom stereocenters. The quantitative estimate of drug-likeness (QED) is 0.467. The zero-order valence-corrected chi connectivity index (χ0v) is 7.92. The molecule has 0 aromatic heterocycles. The van der Waals surface area contributed by atoms with Gasteiger partial charge in [0.2, 0.25) is 0 Å². The zero-order chi connectivity index (χ0) is 9.61. The zero-order valence-electron chi connectivity index (χ0n) is 7.92. The Morgan fingerprint density at radius 2 is 2.08 bits per heavy atom. The monoisotopic (exact) mass is 172 g/mol. The summed E-state index contributed by atoms with van der Waals surface area (Å²) in [5.74, 6) is -0.230. The Kier molecular flexibility index (Phi) is 4.55. The van der Waals surface area contributed by atoms with Crippen LogP contribution in [0.1, 0.15) is 33.6 Å². The lowest BCUT2D eigenvalue weighted by molar-refractivity contribution is -0.153. The predicted molar refractivity (Wildman–Crippen MR) is 45.7 cm³/mol.